The van der Waals surface area contributed by atoms with Gasteiger partial charge in [0, 0.05) is 16.7 Å². The van der Waals surface area contributed by atoms with Crippen molar-refractivity contribution in [1.29, 1.82) is 0 Å². The van der Waals surface area contributed by atoms with Crippen LogP contribution in [-0.4, -0.2) is 18.4 Å². The quantitative estimate of drug-likeness (QED) is 0.789. The first kappa shape index (κ1) is 12.6. The van der Waals surface area contributed by atoms with Gasteiger partial charge >= 0.3 is 0 Å². The monoisotopic (exact) mass is 259 g/mol. The number of hydrogen-bond donors (Lipinski definition) is 0. The van der Waals surface area contributed by atoms with Crippen LogP contribution in [0.2, 0.25) is 0 Å². The smallest absolute Gasteiger partial charge is 0.151 e. The van der Waals surface area contributed by atoms with E-state index < -0.39 is 0 Å². The molecule has 1 heterocycles. The maximum atomic E-state index is 10.6. The van der Waals surface area contributed by atoms with Gasteiger partial charge in [-0.1, -0.05) is 11.8 Å². The summed E-state index contributed by atoms with van der Waals surface area (Å²) >= 11 is 1.57. The minimum atomic E-state index is 0.603. The van der Waals surface area contributed by atoms with Gasteiger partial charge in [0.25, 0.3) is 0 Å². The third-order valence-electron chi connectivity index (χ3n) is 2.46. The fraction of sp³-hybridized carbons (Fsp3) is 0.143. The van der Waals surface area contributed by atoms with Gasteiger partial charge in [0.1, 0.15) is 10.8 Å². The number of carbonyl (C=O) groups is 1. The summed E-state index contributed by atoms with van der Waals surface area (Å²) in [5, 5.41) is 0.908. The molecule has 0 saturated carbocycles. The highest BCUT2D eigenvalue weighted by atomic mass is 32.2. The second kappa shape index (κ2) is 5.69. The lowest BCUT2D eigenvalue weighted by molar-refractivity contribution is 0.112. The zero-order chi connectivity index (χ0) is 13.0. The van der Waals surface area contributed by atoms with Crippen molar-refractivity contribution < 1.29 is 9.53 Å². The van der Waals surface area contributed by atoms with Crippen LogP contribution in [0.15, 0.2) is 46.5 Å². The minimum Gasteiger partial charge on any atom is -0.497 e. The van der Waals surface area contributed by atoms with Crippen LogP contribution >= 0.6 is 11.8 Å². The number of methoxy groups -OCH3 is 1. The van der Waals surface area contributed by atoms with Crippen LogP contribution in [-0.2, 0) is 0 Å². The molecule has 0 amide bonds. The molecule has 18 heavy (non-hydrogen) atoms. The Morgan fingerprint density at radius 1 is 1.28 bits per heavy atom. The number of nitrogens with zero attached hydrogens (tertiary/aromatic N) is 1. The van der Waals surface area contributed by atoms with Gasteiger partial charge in [-0.2, -0.15) is 0 Å². The molecule has 4 heteroatoms. The van der Waals surface area contributed by atoms with Crippen molar-refractivity contribution >= 4 is 18.0 Å². The summed E-state index contributed by atoms with van der Waals surface area (Å²) in [4.78, 5) is 16.0. The van der Waals surface area contributed by atoms with Crippen molar-refractivity contribution in [2.24, 2.45) is 0 Å². The van der Waals surface area contributed by atoms with E-state index in [2.05, 4.69) is 4.98 Å². The summed E-state index contributed by atoms with van der Waals surface area (Å²) in [7, 11) is 1.64. The molecule has 2 rings (SSSR count). The highest BCUT2D eigenvalue weighted by Crippen LogP contribution is 2.29. The Balaban J connectivity index is 2.19. The highest BCUT2D eigenvalue weighted by Gasteiger charge is 2.04. The number of carbonyl (C=O) groups excluding carboxylic acids is 1. The molecule has 0 aliphatic heterocycles. The summed E-state index contributed by atoms with van der Waals surface area (Å²) < 4.78 is 5.11. The van der Waals surface area contributed by atoms with Gasteiger partial charge in [0.2, 0.25) is 0 Å². The maximum absolute atomic E-state index is 10.6. The molecule has 0 atom stereocenters. The van der Waals surface area contributed by atoms with Crippen molar-refractivity contribution in [1.82, 2.24) is 4.98 Å². The van der Waals surface area contributed by atoms with Crippen LogP contribution in [0.4, 0.5) is 0 Å². The summed E-state index contributed by atoms with van der Waals surface area (Å²) in [6.45, 7) is 1.95. The minimum absolute atomic E-state index is 0.603. The Labute approximate surface area is 110 Å². The second-order valence-corrected chi connectivity index (χ2v) is 4.85. The van der Waals surface area contributed by atoms with Crippen LogP contribution in [0.1, 0.15) is 15.9 Å². The fourth-order valence-corrected chi connectivity index (χ4v) is 2.33. The Kier molecular flexibility index (Phi) is 3.99. The Hall–Kier alpha value is -1.81. The van der Waals surface area contributed by atoms with Crippen molar-refractivity contribution in [2.45, 2.75) is 16.8 Å². The predicted molar refractivity (Wildman–Crippen MR) is 71.5 cm³/mol. The number of rotatable bonds is 4. The van der Waals surface area contributed by atoms with Crippen LogP contribution in [0.5, 0.6) is 5.75 Å². The van der Waals surface area contributed by atoms with E-state index in [1.807, 2.05) is 37.3 Å². The zero-order valence-corrected chi connectivity index (χ0v) is 11.0. The first-order chi connectivity index (χ1) is 8.72. The molecule has 3 nitrogen and oxygen atoms in total. The molecule has 0 unspecified atom stereocenters. The highest BCUT2D eigenvalue weighted by molar-refractivity contribution is 7.99. The van der Waals surface area contributed by atoms with Gasteiger partial charge in [-0.15, -0.1) is 0 Å². The molecule has 0 saturated heterocycles. The third kappa shape index (κ3) is 2.90. The molecule has 92 valence electrons. The van der Waals surface area contributed by atoms with E-state index in [1.54, 1.807) is 25.1 Å². The van der Waals surface area contributed by atoms with Crippen LogP contribution in [0, 0.1) is 6.92 Å². The molecule has 0 fully saturated rings. The molecule has 0 spiro atoms. The second-order valence-electron chi connectivity index (χ2n) is 3.79. The molecule has 0 bridgehead atoms. The van der Waals surface area contributed by atoms with Crippen LogP contribution < -0.4 is 4.74 Å². The molecule has 0 radical (unpaired) electrons. The first-order valence-electron chi connectivity index (χ1n) is 5.46. The molecule has 0 aliphatic rings. The molecule has 0 N–H and O–H groups in total. The fourth-order valence-electron chi connectivity index (χ4n) is 1.51. The molecule has 1 aromatic heterocycles. The van der Waals surface area contributed by atoms with Gasteiger partial charge in [-0.25, -0.2) is 4.98 Å². The van der Waals surface area contributed by atoms with Crippen LogP contribution in [0.25, 0.3) is 0 Å². The summed E-state index contributed by atoms with van der Waals surface area (Å²) in [6, 6.07) is 9.64. The van der Waals surface area contributed by atoms with E-state index in [1.165, 1.54) is 0 Å². The summed E-state index contributed by atoms with van der Waals surface area (Å²) in [5.41, 5.74) is 1.60. The normalized spacial score (nSPS) is 10.1. The molecular weight excluding hydrogens is 246 g/mol. The Bertz CT molecular complexity index is 552. The number of aldehydes is 1. The molecule has 2 aromatic rings. The van der Waals surface area contributed by atoms with Gasteiger partial charge in [-0.05, 0) is 42.8 Å². The maximum Gasteiger partial charge on any atom is 0.151 e. The Morgan fingerprint density at radius 3 is 2.56 bits per heavy atom. The predicted octanol–water partition coefficient (Wildman–Crippen LogP) is 3.36. The number of benzene rings is 1. The lowest BCUT2D eigenvalue weighted by Gasteiger charge is -2.05. The first-order valence-corrected chi connectivity index (χ1v) is 6.28. The number of aryl methyl sites for hydroxylation is 1. The van der Waals surface area contributed by atoms with E-state index in [4.69, 9.17) is 4.74 Å². The average Bonchev–Trinajstić information content (AvgIpc) is 2.42. The van der Waals surface area contributed by atoms with Crippen LogP contribution in [0.3, 0.4) is 0 Å². The van der Waals surface area contributed by atoms with Crippen molar-refractivity contribution in [3.8, 4) is 5.75 Å². The number of hydrogen-bond acceptors (Lipinski definition) is 4. The standard InChI is InChI=1S/C14H13NO2S/c1-10-7-11(9-16)8-15-14(10)18-13-5-3-12(17-2)4-6-13/h3-9H,1-2H3. The van der Waals surface area contributed by atoms with Gasteiger partial charge in [0.15, 0.2) is 6.29 Å². The molecular formula is C14H13NO2S. The average molecular weight is 259 g/mol. The van der Waals surface area contributed by atoms with Crippen molar-refractivity contribution in [3.63, 3.8) is 0 Å². The van der Waals surface area contributed by atoms with Crippen molar-refractivity contribution in [2.75, 3.05) is 7.11 Å². The number of pyridine rings is 1. The number of ether oxygens (including phenoxy) is 1. The largest absolute Gasteiger partial charge is 0.497 e. The summed E-state index contributed by atoms with van der Waals surface area (Å²) in [5.74, 6) is 0.834. The SMILES string of the molecule is COc1ccc(Sc2ncc(C=O)cc2C)cc1. The lowest BCUT2D eigenvalue weighted by atomic mass is 10.2. The zero-order valence-electron chi connectivity index (χ0n) is 10.2. The summed E-state index contributed by atoms with van der Waals surface area (Å²) in [6.07, 6.45) is 2.40. The van der Waals surface area contributed by atoms with E-state index in [-0.39, 0.29) is 0 Å². The number of aromatic nitrogens is 1. The Morgan fingerprint density at radius 2 is 2.00 bits per heavy atom. The van der Waals surface area contributed by atoms with Gasteiger partial charge < -0.3 is 4.74 Å². The lowest BCUT2D eigenvalue weighted by Crippen LogP contribution is -1.89. The van der Waals surface area contributed by atoms with Crippen molar-refractivity contribution in [3.05, 3.63) is 47.7 Å². The molecule has 1 aromatic carbocycles. The third-order valence-corrected chi connectivity index (χ3v) is 3.59. The van der Waals surface area contributed by atoms with Gasteiger partial charge in [-0.3, -0.25) is 4.79 Å². The van der Waals surface area contributed by atoms with E-state index in [9.17, 15) is 4.79 Å². The molecule has 0 aliphatic carbocycles. The topological polar surface area (TPSA) is 39.2 Å². The van der Waals surface area contributed by atoms with E-state index in [0.29, 0.717) is 5.56 Å². The van der Waals surface area contributed by atoms with Gasteiger partial charge in [0.05, 0.1) is 7.11 Å². The van der Waals surface area contributed by atoms with E-state index >= 15 is 0 Å². The van der Waals surface area contributed by atoms with E-state index in [0.717, 1.165) is 27.5 Å².